The molecule has 0 aliphatic carbocycles. The molecule has 3 rings (SSSR count). The van der Waals surface area contributed by atoms with Crippen LogP contribution in [-0.4, -0.2) is 50.0 Å². The van der Waals surface area contributed by atoms with Crippen LogP contribution in [0.25, 0.3) is 0 Å². The molecule has 7 nitrogen and oxygen atoms in total. The van der Waals surface area contributed by atoms with Crippen molar-refractivity contribution in [1.29, 1.82) is 0 Å². The minimum absolute atomic E-state index is 0.0786. The molecule has 0 radical (unpaired) electrons. The number of benzene rings is 3. The number of sulfonamides is 1. The van der Waals surface area contributed by atoms with E-state index in [9.17, 15) is 18.0 Å². The topological polar surface area (TPSA) is 86.8 Å². The van der Waals surface area contributed by atoms with Crippen LogP contribution in [0.2, 0.25) is 5.02 Å². The van der Waals surface area contributed by atoms with Crippen molar-refractivity contribution in [1.82, 2.24) is 10.2 Å². The highest BCUT2D eigenvalue weighted by molar-refractivity contribution is 7.92. The number of rotatable bonds is 12. The first-order valence-corrected chi connectivity index (χ1v) is 15.5. The van der Waals surface area contributed by atoms with Crippen LogP contribution < -0.4 is 9.62 Å². The van der Waals surface area contributed by atoms with Crippen molar-refractivity contribution in [2.24, 2.45) is 0 Å². The SMILES string of the molecule is CC[C@H](C)NC(=O)[C@@H](Cc1ccccc1)N(Cc1cccc(Cl)c1)C(=O)CN(c1cc(C)ccc1C)S(C)(=O)=O. The van der Waals surface area contributed by atoms with E-state index < -0.39 is 28.5 Å². The van der Waals surface area contributed by atoms with E-state index in [1.165, 1.54) is 4.90 Å². The number of nitrogens with one attached hydrogen (secondary N) is 1. The van der Waals surface area contributed by atoms with E-state index in [1.54, 1.807) is 31.2 Å². The van der Waals surface area contributed by atoms with Gasteiger partial charge in [0.25, 0.3) is 0 Å². The number of carbonyl (C=O) groups excluding carboxylic acids is 2. The minimum Gasteiger partial charge on any atom is -0.352 e. The third-order valence-electron chi connectivity index (χ3n) is 6.83. The smallest absolute Gasteiger partial charge is 0.244 e. The maximum Gasteiger partial charge on any atom is 0.244 e. The predicted molar refractivity (Wildman–Crippen MR) is 162 cm³/mol. The molecule has 2 amide bonds. The fourth-order valence-electron chi connectivity index (χ4n) is 4.41. The van der Waals surface area contributed by atoms with E-state index in [2.05, 4.69) is 5.32 Å². The average Bonchev–Trinajstić information content (AvgIpc) is 2.90. The lowest BCUT2D eigenvalue weighted by atomic mass is 10.0. The maximum absolute atomic E-state index is 14.2. The van der Waals surface area contributed by atoms with Crippen LogP contribution in [0.15, 0.2) is 72.8 Å². The van der Waals surface area contributed by atoms with Crippen molar-refractivity contribution in [2.45, 2.75) is 59.2 Å². The first-order valence-electron chi connectivity index (χ1n) is 13.3. The number of halogens is 1. The molecule has 0 aromatic heterocycles. The molecule has 3 aromatic rings. The molecule has 0 unspecified atom stereocenters. The molecular weight excluding hydrogens is 546 g/mol. The number of anilines is 1. The normalized spacial score (nSPS) is 12.8. The zero-order valence-electron chi connectivity index (χ0n) is 23.7. The Kier molecular flexibility index (Phi) is 10.8. The summed E-state index contributed by atoms with van der Waals surface area (Å²) < 4.78 is 27.1. The van der Waals surface area contributed by atoms with Crippen LogP contribution >= 0.6 is 11.6 Å². The van der Waals surface area contributed by atoms with Gasteiger partial charge in [0, 0.05) is 24.0 Å². The summed E-state index contributed by atoms with van der Waals surface area (Å²) in [5.41, 5.74) is 3.63. The number of nitrogens with zero attached hydrogens (tertiary/aromatic N) is 2. The molecule has 214 valence electrons. The van der Waals surface area contributed by atoms with E-state index in [0.717, 1.165) is 39.2 Å². The Morgan fingerprint density at radius 3 is 2.25 bits per heavy atom. The standard InChI is InChI=1S/C31H38ClN3O4S/c1-6-24(4)33-31(37)29(19-25-11-8-7-9-12-25)34(20-26-13-10-14-27(32)18-26)30(36)21-35(40(5,38)39)28-17-22(2)15-16-23(28)3/h7-18,24,29H,6,19-21H2,1-5H3,(H,33,37)/t24-,29+/m0/s1. The van der Waals surface area contributed by atoms with E-state index in [1.807, 2.05) is 69.3 Å². The van der Waals surface area contributed by atoms with E-state index in [-0.39, 0.29) is 24.9 Å². The van der Waals surface area contributed by atoms with Crippen molar-refractivity contribution in [3.8, 4) is 0 Å². The van der Waals surface area contributed by atoms with Gasteiger partial charge in [0.1, 0.15) is 12.6 Å². The molecule has 2 atom stereocenters. The van der Waals surface area contributed by atoms with Crippen LogP contribution in [-0.2, 0) is 32.6 Å². The summed E-state index contributed by atoms with van der Waals surface area (Å²) in [6.07, 6.45) is 2.07. The molecule has 0 aliphatic heterocycles. The summed E-state index contributed by atoms with van der Waals surface area (Å²) >= 11 is 6.25. The highest BCUT2D eigenvalue weighted by Crippen LogP contribution is 2.25. The van der Waals surface area contributed by atoms with Gasteiger partial charge in [-0.05, 0) is 67.6 Å². The van der Waals surface area contributed by atoms with Gasteiger partial charge in [-0.2, -0.15) is 0 Å². The van der Waals surface area contributed by atoms with Gasteiger partial charge in [0.2, 0.25) is 21.8 Å². The summed E-state index contributed by atoms with van der Waals surface area (Å²) in [6.45, 7) is 7.18. The Labute approximate surface area is 243 Å². The van der Waals surface area contributed by atoms with Crippen molar-refractivity contribution < 1.29 is 18.0 Å². The van der Waals surface area contributed by atoms with Gasteiger partial charge >= 0.3 is 0 Å². The second-order valence-corrected chi connectivity index (χ2v) is 12.6. The third kappa shape index (κ3) is 8.57. The quantitative estimate of drug-likeness (QED) is 0.314. The Balaban J connectivity index is 2.09. The number of hydrogen-bond acceptors (Lipinski definition) is 4. The van der Waals surface area contributed by atoms with Gasteiger partial charge in [0.15, 0.2) is 0 Å². The molecule has 0 saturated carbocycles. The summed E-state index contributed by atoms with van der Waals surface area (Å²) in [5, 5.41) is 3.53. The molecule has 0 spiro atoms. The second-order valence-electron chi connectivity index (χ2n) is 10.2. The molecule has 0 heterocycles. The van der Waals surface area contributed by atoms with E-state index >= 15 is 0 Å². The third-order valence-corrected chi connectivity index (χ3v) is 8.19. The predicted octanol–water partition coefficient (Wildman–Crippen LogP) is 5.28. The number of aryl methyl sites for hydroxylation is 2. The lowest BCUT2D eigenvalue weighted by Gasteiger charge is -2.34. The fraction of sp³-hybridized carbons (Fsp3) is 0.355. The largest absolute Gasteiger partial charge is 0.352 e. The Hall–Kier alpha value is -3.36. The molecule has 0 saturated heterocycles. The van der Waals surface area contributed by atoms with E-state index in [4.69, 9.17) is 11.6 Å². The lowest BCUT2D eigenvalue weighted by molar-refractivity contribution is -0.140. The zero-order valence-corrected chi connectivity index (χ0v) is 25.3. The van der Waals surface area contributed by atoms with Gasteiger partial charge in [-0.1, -0.05) is 73.1 Å². The van der Waals surface area contributed by atoms with E-state index in [0.29, 0.717) is 10.7 Å². The molecule has 0 aliphatic rings. The van der Waals surface area contributed by atoms with Crippen LogP contribution in [0.4, 0.5) is 5.69 Å². The molecule has 1 N–H and O–H groups in total. The summed E-state index contributed by atoms with van der Waals surface area (Å²) in [4.78, 5) is 29.3. The van der Waals surface area contributed by atoms with Crippen LogP contribution in [0.1, 0.15) is 42.5 Å². The molecule has 3 aromatic carbocycles. The first kappa shape index (κ1) is 31.2. The minimum atomic E-state index is -3.83. The first-order chi connectivity index (χ1) is 18.9. The molecular formula is C31H38ClN3O4S. The van der Waals surface area contributed by atoms with Crippen molar-refractivity contribution in [3.05, 3.63) is 100 Å². The number of amides is 2. The fourth-order valence-corrected chi connectivity index (χ4v) is 5.52. The Morgan fingerprint density at radius 1 is 0.950 bits per heavy atom. The monoisotopic (exact) mass is 583 g/mol. The Bertz CT molecular complexity index is 1430. The van der Waals surface area contributed by atoms with Gasteiger partial charge in [-0.15, -0.1) is 0 Å². The van der Waals surface area contributed by atoms with Crippen molar-refractivity contribution in [2.75, 3.05) is 17.1 Å². The number of hydrogen-bond donors (Lipinski definition) is 1. The zero-order chi connectivity index (χ0) is 29.4. The molecule has 40 heavy (non-hydrogen) atoms. The lowest BCUT2D eigenvalue weighted by Crippen LogP contribution is -2.54. The molecule has 9 heteroatoms. The summed E-state index contributed by atoms with van der Waals surface area (Å²) in [5.74, 6) is -0.794. The van der Waals surface area contributed by atoms with Gasteiger partial charge in [-0.25, -0.2) is 8.42 Å². The van der Waals surface area contributed by atoms with Crippen LogP contribution in [0, 0.1) is 13.8 Å². The molecule has 0 fully saturated rings. The summed E-state index contributed by atoms with van der Waals surface area (Å²) in [7, 11) is -3.83. The van der Waals surface area contributed by atoms with Crippen molar-refractivity contribution in [3.63, 3.8) is 0 Å². The average molecular weight is 584 g/mol. The highest BCUT2D eigenvalue weighted by atomic mass is 35.5. The molecule has 0 bridgehead atoms. The Morgan fingerprint density at radius 2 is 1.62 bits per heavy atom. The van der Waals surface area contributed by atoms with Crippen molar-refractivity contribution >= 4 is 39.1 Å². The number of carbonyl (C=O) groups is 2. The van der Waals surface area contributed by atoms with Gasteiger partial charge < -0.3 is 10.2 Å². The second kappa shape index (κ2) is 13.8. The highest BCUT2D eigenvalue weighted by Gasteiger charge is 2.33. The van der Waals surface area contributed by atoms with Gasteiger partial charge in [-0.3, -0.25) is 13.9 Å². The van der Waals surface area contributed by atoms with Gasteiger partial charge in [0.05, 0.1) is 11.9 Å². The summed E-state index contributed by atoms with van der Waals surface area (Å²) in [6, 6.07) is 21.0. The van der Waals surface area contributed by atoms with Crippen LogP contribution in [0.5, 0.6) is 0 Å². The maximum atomic E-state index is 14.2. The van der Waals surface area contributed by atoms with Crippen LogP contribution in [0.3, 0.4) is 0 Å².